The van der Waals surface area contributed by atoms with Crippen molar-refractivity contribution in [2.24, 2.45) is 16.3 Å². The summed E-state index contributed by atoms with van der Waals surface area (Å²) in [6.45, 7) is 20.9. The Morgan fingerprint density at radius 3 is 2.31 bits per heavy atom. The molecule has 3 rings (SSSR count). The fourth-order valence-corrected chi connectivity index (χ4v) is 5.01. The number of hydrogen-bond acceptors (Lipinski definition) is 6. The maximum absolute atomic E-state index is 14.8. The van der Waals surface area contributed by atoms with Crippen molar-refractivity contribution in [1.82, 2.24) is 20.9 Å². The van der Waals surface area contributed by atoms with Crippen molar-refractivity contribution < 1.29 is 27.5 Å². The second-order valence-electron chi connectivity index (χ2n) is 11.0. The molecule has 2 aliphatic heterocycles. The van der Waals surface area contributed by atoms with Gasteiger partial charge in [0, 0.05) is 54.4 Å². The average molecular weight is 598 g/mol. The number of nitrogens with one attached hydrogen (secondary N) is 3. The largest absolute Gasteiger partial charge is 0.483 e. The average Bonchev–Trinajstić information content (AvgIpc) is 2.87. The molecule has 236 valence electrons. The maximum atomic E-state index is 14.8. The number of allylic oxidation sites excluding steroid dienone is 6. The van der Waals surface area contributed by atoms with Crippen LogP contribution in [0.3, 0.4) is 0 Å². The van der Waals surface area contributed by atoms with Crippen LogP contribution in [0.15, 0.2) is 76.6 Å². The second-order valence-corrected chi connectivity index (χ2v) is 11.0. The number of nitrogens with zero attached hydrogens (tertiary/aromatic N) is 2. The van der Waals surface area contributed by atoms with Gasteiger partial charge in [-0.15, -0.1) is 0 Å². The molecular formula is C31H47F4N5O2. The molecule has 1 spiro atoms. The lowest BCUT2D eigenvalue weighted by atomic mass is 9.54. The van der Waals surface area contributed by atoms with E-state index in [1.54, 1.807) is 51.3 Å². The van der Waals surface area contributed by atoms with E-state index in [1.165, 1.54) is 6.20 Å². The zero-order chi connectivity index (χ0) is 32.3. The van der Waals surface area contributed by atoms with Gasteiger partial charge in [-0.2, -0.15) is 13.2 Å². The molecule has 42 heavy (non-hydrogen) atoms. The highest BCUT2D eigenvalue weighted by molar-refractivity contribution is 5.35. The molecule has 0 aromatic carbocycles. The van der Waals surface area contributed by atoms with Crippen LogP contribution >= 0.6 is 0 Å². The highest BCUT2D eigenvalue weighted by atomic mass is 19.4. The molecule has 2 fully saturated rings. The van der Waals surface area contributed by atoms with Crippen LogP contribution in [0.4, 0.5) is 17.6 Å². The molecule has 0 radical (unpaired) electrons. The fourth-order valence-electron chi connectivity index (χ4n) is 5.01. The molecule has 0 bridgehead atoms. The topological polar surface area (TPSA) is 89.0 Å². The van der Waals surface area contributed by atoms with Crippen molar-refractivity contribution in [3.63, 3.8) is 0 Å². The summed E-state index contributed by atoms with van der Waals surface area (Å²) in [5.74, 6) is 0.437. The Hall–Kier alpha value is -3.50. The molecule has 7 nitrogen and oxygen atoms in total. The van der Waals surface area contributed by atoms with E-state index in [0.717, 1.165) is 6.42 Å². The van der Waals surface area contributed by atoms with Crippen molar-refractivity contribution in [2.75, 3.05) is 13.1 Å². The summed E-state index contributed by atoms with van der Waals surface area (Å²) in [5.41, 5.74) is 0.155. The van der Waals surface area contributed by atoms with Crippen LogP contribution in [0, 0.1) is 11.3 Å². The Balaban J connectivity index is 0.00000165. The highest BCUT2D eigenvalue weighted by Crippen LogP contribution is 2.58. The van der Waals surface area contributed by atoms with Gasteiger partial charge in [0.15, 0.2) is 0 Å². The van der Waals surface area contributed by atoms with Gasteiger partial charge in [0.25, 0.3) is 6.47 Å². The molecule has 3 atom stereocenters. The van der Waals surface area contributed by atoms with E-state index in [1.807, 2.05) is 32.6 Å². The molecule has 0 aromatic rings. The van der Waals surface area contributed by atoms with Gasteiger partial charge in [-0.25, -0.2) is 4.39 Å². The summed E-state index contributed by atoms with van der Waals surface area (Å²) in [6.07, 6.45) is 6.32. The minimum Gasteiger partial charge on any atom is -0.483 e. The minimum atomic E-state index is -4.57. The number of aliphatic imine (C=N–C) groups is 1. The van der Waals surface area contributed by atoms with Crippen LogP contribution in [0.1, 0.15) is 61.3 Å². The first kappa shape index (κ1) is 36.5. The number of halogens is 4. The van der Waals surface area contributed by atoms with Gasteiger partial charge in [0.2, 0.25) is 0 Å². The number of carbonyl (C=O) groups is 1. The molecule has 3 unspecified atom stereocenters. The van der Waals surface area contributed by atoms with Crippen LogP contribution < -0.4 is 16.0 Å². The Labute approximate surface area is 247 Å². The van der Waals surface area contributed by atoms with Gasteiger partial charge in [0.1, 0.15) is 17.5 Å². The van der Waals surface area contributed by atoms with E-state index in [0.29, 0.717) is 42.3 Å². The number of hydrogen-bond donors (Lipinski definition) is 4. The maximum Gasteiger partial charge on any atom is 0.412 e. The first-order chi connectivity index (χ1) is 19.6. The Bertz CT molecular complexity index is 1100. The molecule has 2 heterocycles. The first-order valence-electron chi connectivity index (χ1n) is 14.1. The smallest absolute Gasteiger partial charge is 0.412 e. The molecule has 0 aromatic heterocycles. The number of rotatable bonds is 7. The van der Waals surface area contributed by atoms with Crippen molar-refractivity contribution >= 4 is 13.2 Å². The van der Waals surface area contributed by atoms with Crippen molar-refractivity contribution in [2.45, 2.75) is 85.2 Å². The normalized spacial score (nSPS) is 28.2. The number of alkyl halides is 4. The highest BCUT2D eigenvalue weighted by Gasteiger charge is 2.63. The van der Waals surface area contributed by atoms with Gasteiger partial charge in [0.05, 0.1) is 0 Å². The second kappa shape index (κ2) is 15.7. The third-order valence-corrected chi connectivity index (χ3v) is 7.62. The molecule has 1 saturated heterocycles. The molecule has 4 N–H and O–H groups in total. The Morgan fingerprint density at radius 1 is 1.26 bits per heavy atom. The molecule has 1 saturated carbocycles. The predicted octanol–water partition coefficient (Wildman–Crippen LogP) is 6.58. The quantitative estimate of drug-likeness (QED) is 0.115. The van der Waals surface area contributed by atoms with Crippen molar-refractivity contribution in [1.29, 1.82) is 0 Å². The van der Waals surface area contributed by atoms with Gasteiger partial charge >= 0.3 is 6.18 Å². The number of carboxylic acid groups (broad SMARTS) is 1. The molecule has 11 heteroatoms. The Morgan fingerprint density at radius 2 is 1.86 bits per heavy atom. The summed E-state index contributed by atoms with van der Waals surface area (Å²) in [6, 6.07) is -2.63. The lowest BCUT2D eigenvalue weighted by molar-refractivity contribution is -0.173. The summed E-state index contributed by atoms with van der Waals surface area (Å²) >= 11 is 0. The zero-order valence-corrected chi connectivity index (χ0v) is 25.8. The van der Waals surface area contributed by atoms with E-state index in [-0.39, 0.29) is 18.0 Å². The van der Waals surface area contributed by atoms with E-state index in [2.05, 4.69) is 34.2 Å². The SMILES string of the molecule is C=N/C=C\C=C(\NC(/C1=C/C(C)=C\NC(=C)/C=C(/N2CC3(CCC3(C)F)C2)NC1C)C(F)(F)F)C(C)C.CC.O=CO. The van der Waals surface area contributed by atoms with Crippen LogP contribution in [-0.4, -0.2) is 60.2 Å². The first-order valence-corrected chi connectivity index (χ1v) is 14.1. The predicted molar refractivity (Wildman–Crippen MR) is 162 cm³/mol. The summed E-state index contributed by atoms with van der Waals surface area (Å²) in [5, 5.41) is 16.0. The van der Waals surface area contributed by atoms with Gasteiger partial charge in [-0.3, -0.25) is 9.79 Å². The van der Waals surface area contributed by atoms with Crippen molar-refractivity contribution in [3.05, 3.63) is 71.6 Å². The summed E-state index contributed by atoms with van der Waals surface area (Å²) in [4.78, 5) is 14.0. The van der Waals surface area contributed by atoms with Gasteiger partial charge < -0.3 is 26.0 Å². The van der Waals surface area contributed by atoms with Gasteiger partial charge in [-0.05, 0) is 69.5 Å². The third kappa shape index (κ3) is 9.25. The summed E-state index contributed by atoms with van der Waals surface area (Å²) < 4.78 is 58.5. The molecule has 1 aliphatic carbocycles. The van der Waals surface area contributed by atoms with E-state index in [9.17, 15) is 17.6 Å². The van der Waals surface area contributed by atoms with Crippen molar-refractivity contribution in [3.8, 4) is 0 Å². The standard InChI is InChI=1S/C28H39F4N5.C2H6.CH2O2/c1-18(2)23(9-8-12-33-7)36-25(28(30,31)32)22-13-19(3)15-34-20(4)14-24(35-21(22)5)37-16-27(17-37)11-10-26(27,6)29;1-2;2-1-3/h8-9,12-15,18,21,25,34-36H,4,7,10-11,16-17H2,1-3,5-6H3;1-2H3;1H,(H,2,3)/b12-8-,19-15-,22-13+,23-9+,24-14+;;. The van der Waals surface area contributed by atoms with E-state index in [4.69, 9.17) is 9.90 Å². The van der Waals surface area contributed by atoms with Crippen LogP contribution in [-0.2, 0) is 4.79 Å². The summed E-state index contributed by atoms with van der Waals surface area (Å²) in [7, 11) is 0. The van der Waals surface area contributed by atoms with Crippen LogP contribution in [0.5, 0.6) is 0 Å². The Kier molecular flexibility index (Phi) is 13.6. The molecular weight excluding hydrogens is 550 g/mol. The molecule has 0 amide bonds. The monoisotopic (exact) mass is 597 g/mol. The fraction of sp³-hybridized carbons (Fsp3) is 0.548. The molecule has 3 aliphatic rings. The van der Waals surface area contributed by atoms with E-state index >= 15 is 0 Å². The van der Waals surface area contributed by atoms with Gasteiger partial charge in [-0.1, -0.05) is 40.3 Å². The minimum absolute atomic E-state index is 0.132. The van der Waals surface area contributed by atoms with E-state index < -0.39 is 29.3 Å². The number of likely N-dealkylation sites (tertiary alicyclic amines) is 1. The lowest BCUT2D eigenvalue weighted by Crippen LogP contribution is -2.70. The zero-order valence-electron chi connectivity index (χ0n) is 25.8. The lowest BCUT2D eigenvalue weighted by Gasteiger charge is -2.63. The van der Waals surface area contributed by atoms with Crippen LogP contribution in [0.25, 0.3) is 0 Å². The third-order valence-electron chi connectivity index (χ3n) is 7.62. The van der Waals surface area contributed by atoms with Crippen LogP contribution in [0.2, 0.25) is 0 Å².